The summed E-state index contributed by atoms with van der Waals surface area (Å²) >= 11 is 0. The monoisotopic (exact) mass is 229 g/mol. The van der Waals surface area contributed by atoms with Gasteiger partial charge >= 0.3 is 0 Å². The number of aryl methyl sites for hydroxylation is 2. The summed E-state index contributed by atoms with van der Waals surface area (Å²) in [6.07, 6.45) is 1.90. The van der Waals surface area contributed by atoms with Crippen LogP contribution in [-0.2, 0) is 7.05 Å². The highest BCUT2D eigenvalue weighted by atomic mass is 15.3. The summed E-state index contributed by atoms with van der Waals surface area (Å²) < 4.78 is 1.92. The van der Waals surface area contributed by atoms with E-state index in [1.54, 1.807) is 0 Å². The van der Waals surface area contributed by atoms with Crippen LogP contribution >= 0.6 is 0 Å². The normalized spacial score (nSPS) is 12.7. The first-order valence-electron chi connectivity index (χ1n) is 5.89. The summed E-state index contributed by atoms with van der Waals surface area (Å²) in [6.45, 7) is 4.25. The van der Waals surface area contributed by atoms with Gasteiger partial charge in [0.1, 0.15) is 0 Å². The Labute approximate surface area is 102 Å². The zero-order valence-corrected chi connectivity index (χ0v) is 10.9. The summed E-state index contributed by atoms with van der Waals surface area (Å²) in [4.78, 5) is 0. The van der Waals surface area contributed by atoms with Gasteiger partial charge in [-0.3, -0.25) is 4.68 Å². The molecule has 1 N–H and O–H groups in total. The molecular weight excluding hydrogens is 210 g/mol. The highest BCUT2D eigenvalue weighted by Gasteiger charge is 2.08. The number of nitrogens with one attached hydrogen (secondary N) is 1. The van der Waals surface area contributed by atoms with Crippen molar-refractivity contribution in [3.63, 3.8) is 0 Å². The highest BCUT2D eigenvalue weighted by molar-refractivity contribution is 5.63. The summed E-state index contributed by atoms with van der Waals surface area (Å²) in [5.74, 6) is 0. The van der Waals surface area contributed by atoms with Crippen molar-refractivity contribution in [1.82, 2.24) is 15.1 Å². The zero-order valence-electron chi connectivity index (χ0n) is 10.9. The Hall–Kier alpha value is -1.61. The van der Waals surface area contributed by atoms with Gasteiger partial charge in [0.2, 0.25) is 0 Å². The molecule has 1 atom stereocenters. The van der Waals surface area contributed by atoms with Gasteiger partial charge in [0, 0.05) is 18.7 Å². The molecule has 1 heterocycles. The molecule has 0 amide bonds. The van der Waals surface area contributed by atoms with Crippen molar-refractivity contribution in [2.45, 2.75) is 19.9 Å². The van der Waals surface area contributed by atoms with Gasteiger partial charge in [-0.2, -0.15) is 5.10 Å². The van der Waals surface area contributed by atoms with E-state index in [0.29, 0.717) is 6.04 Å². The average Bonchev–Trinajstić information content (AvgIpc) is 2.68. The SMILES string of the molecule is CNC(C)c1ccc(-c2c(C)cnn2C)cc1. The quantitative estimate of drug-likeness (QED) is 0.877. The molecule has 0 aliphatic carbocycles. The van der Waals surface area contributed by atoms with Crippen LogP contribution in [0, 0.1) is 6.92 Å². The van der Waals surface area contributed by atoms with Crippen LogP contribution in [0.2, 0.25) is 0 Å². The first-order chi connectivity index (χ1) is 8.13. The van der Waals surface area contributed by atoms with Gasteiger partial charge < -0.3 is 5.32 Å². The zero-order chi connectivity index (χ0) is 12.4. The fourth-order valence-electron chi connectivity index (χ4n) is 2.06. The summed E-state index contributed by atoms with van der Waals surface area (Å²) in [5, 5.41) is 7.51. The summed E-state index contributed by atoms with van der Waals surface area (Å²) in [7, 11) is 3.95. The number of hydrogen-bond acceptors (Lipinski definition) is 2. The summed E-state index contributed by atoms with van der Waals surface area (Å²) in [6, 6.07) is 9.04. The Morgan fingerprint density at radius 3 is 2.35 bits per heavy atom. The number of nitrogens with zero attached hydrogens (tertiary/aromatic N) is 2. The third-order valence-corrected chi connectivity index (χ3v) is 3.24. The maximum atomic E-state index is 4.27. The second kappa shape index (κ2) is 4.72. The third kappa shape index (κ3) is 2.24. The number of benzene rings is 1. The van der Waals surface area contributed by atoms with Crippen molar-refractivity contribution in [1.29, 1.82) is 0 Å². The van der Waals surface area contributed by atoms with Crippen molar-refractivity contribution in [3.8, 4) is 11.3 Å². The Kier molecular flexibility index (Phi) is 3.29. The molecule has 1 unspecified atom stereocenters. The van der Waals surface area contributed by atoms with Gasteiger partial charge in [-0.1, -0.05) is 24.3 Å². The molecule has 90 valence electrons. The fraction of sp³-hybridized carbons (Fsp3) is 0.357. The minimum Gasteiger partial charge on any atom is -0.313 e. The van der Waals surface area contributed by atoms with E-state index in [1.807, 2.05) is 25.0 Å². The van der Waals surface area contributed by atoms with Crippen molar-refractivity contribution >= 4 is 0 Å². The van der Waals surface area contributed by atoms with E-state index >= 15 is 0 Å². The molecule has 3 nitrogen and oxygen atoms in total. The molecule has 0 aliphatic heterocycles. The van der Waals surface area contributed by atoms with E-state index in [1.165, 1.54) is 22.4 Å². The number of hydrogen-bond donors (Lipinski definition) is 1. The number of rotatable bonds is 3. The van der Waals surface area contributed by atoms with Crippen LogP contribution in [0.1, 0.15) is 24.1 Å². The Morgan fingerprint density at radius 2 is 1.88 bits per heavy atom. The van der Waals surface area contributed by atoms with Crippen molar-refractivity contribution in [2.75, 3.05) is 7.05 Å². The van der Waals surface area contributed by atoms with E-state index in [2.05, 4.69) is 48.5 Å². The van der Waals surface area contributed by atoms with Crippen LogP contribution < -0.4 is 5.32 Å². The molecule has 0 saturated carbocycles. The van der Waals surface area contributed by atoms with E-state index in [-0.39, 0.29) is 0 Å². The lowest BCUT2D eigenvalue weighted by atomic mass is 10.0. The van der Waals surface area contributed by atoms with Crippen LogP contribution in [0.25, 0.3) is 11.3 Å². The lowest BCUT2D eigenvalue weighted by Gasteiger charge is -2.11. The fourth-order valence-corrected chi connectivity index (χ4v) is 2.06. The minimum atomic E-state index is 0.386. The van der Waals surface area contributed by atoms with Crippen LogP contribution in [0.3, 0.4) is 0 Å². The smallest absolute Gasteiger partial charge is 0.0708 e. The molecule has 0 bridgehead atoms. The van der Waals surface area contributed by atoms with Gasteiger partial charge in [0.15, 0.2) is 0 Å². The molecule has 1 aromatic carbocycles. The second-order valence-electron chi connectivity index (χ2n) is 4.43. The van der Waals surface area contributed by atoms with E-state index in [0.717, 1.165) is 0 Å². The lowest BCUT2D eigenvalue weighted by Crippen LogP contribution is -2.11. The second-order valence-corrected chi connectivity index (χ2v) is 4.43. The van der Waals surface area contributed by atoms with Crippen LogP contribution in [0.15, 0.2) is 30.5 Å². The van der Waals surface area contributed by atoms with Gasteiger partial charge in [0.25, 0.3) is 0 Å². The maximum Gasteiger partial charge on any atom is 0.0708 e. The largest absolute Gasteiger partial charge is 0.313 e. The topological polar surface area (TPSA) is 29.9 Å². The first kappa shape index (κ1) is 11.9. The highest BCUT2D eigenvalue weighted by Crippen LogP contribution is 2.24. The molecule has 0 saturated heterocycles. The molecule has 3 heteroatoms. The van der Waals surface area contributed by atoms with Crippen LogP contribution in [-0.4, -0.2) is 16.8 Å². The predicted molar refractivity (Wildman–Crippen MR) is 70.9 cm³/mol. The van der Waals surface area contributed by atoms with Crippen molar-refractivity contribution in [2.24, 2.45) is 7.05 Å². The molecule has 17 heavy (non-hydrogen) atoms. The molecule has 0 aliphatic rings. The molecule has 2 rings (SSSR count). The molecule has 1 aromatic heterocycles. The van der Waals surface area contributed by atoms with Gasteiger partial charge in [-0.25, -0.2) is 0 Å². The average molecular weight is 229 g/mol. The maximum absolute atomic E-state index is 4.27. The molecule has 2 aromatic rings. The Balaban J connectivity index is 2.36. The van der Waals surface area contributed by atoms with Gasteiger partial charge in [-0.15, -0.1) is 0 Å². The lowest BCUT2D eigenvalue weighted by molar-refractivity contribution is 0.652. The summed E-state index contributed by atoms with van der Waals surface area (Å²) in [5.41, 5.74) is 4.92. The third-order valence-electron chi connectivity index (χ3n) is 3.24. The standard InChI is InChI=1S/C14H19N3/c1-10-9-16-17(4)14(10)13-7-5-12(6-8-13)11(2)15-3/h5-9,11,15H,1-4H3. The van der Waals surface area contributed by atoms with E-state index in [9.17, 15) is 0 Å². The minimum absolute atomic E-state index is 0.386. The van der Waals surface area contributed by atoms with Crippen molar-refractivity contribution < 1.29 is 0 Å². The molecule has 0 radical (unpaired) electrons. The molecule has 0 fully saturated rings. The van der Waals surface area contributed by atoms with Gasteiger partial charge in [0.05, 0.1) is 11.9 Å². The number of aromatic nitrogens is 2. The van der Waals surface area contributed by atoms with E-state index < -0.39 is 0 Å². The Bertz CT molecular complexity index is 477. The first-order valence-corrected chi connectivity index (χ1v) is 5.89. The van der Waals surface area contributed by atoms with E-state index in [4.69, 9.17) is 0 Å². The van der Waals surface area contributed by atoms with Crippen LogP contribution in [0.4, 0.5) is 0 Å². The Morgan fingerprint density at radius 1 is 1.24 bits per heavy atom. The van der Waals surface area contributed by atoms with Crippen LogP contribution in [0.5, 0.6) is 0 Å². The van der Waals surface area contributed by atoms with Crippen molar-refractivity contribution in [3.05, 3.63) is 41.6 Å². The molecule has 0 spiro atoms. The van der Waals surface area contributed by atoms with Gasteiger partial charge in [-0.05, 0) is 32.0 Å². The molecular formula is C14H19N3. The predicted octanol–water partition coefficient (Wildman–Crippen LogP) is 2.68.